The smallest absolute Gasteiger partial charge is 0.146 e. The average Bonchev–Trinajstić information content (AvgIpc) is 2.32. The van der Waals surface area contributed by atoms with Crippen LogP contribution in [0.25, 0.3) is 0 Å². The summed E-state index contributed by atoms with van der Waals surface area (Å²) < 4.78 is 0. The van der Waals surface area contributed by atoms with Crippen molar-refractivity contribution in [2.45, 2.75) is 0 Å². The molecule has 0 aliphatic rings. The number of rotatable bonds is 3. The summed E-state index contributed by atoms with van der Waals surface area (Å²) in [5, 5.41) is 3.98. The molecule has 0 unspecified atom stereocenters. The van der Waals surface area contributed by atoms with Crippen LogP contribution in [0.2, 0.25) is 0 Å². The molecule has 2 heterocycles. The Bertz CT molecular complexity index is 426. The first-order valence-electron chi connectivity index (χ1n) is 4.41. The van der Waals surface area contributed by atoms with Crippen LogP contribution in [0, 0.1) is 0 Å². The second kappa shape index (κ2) is 4.80. The van der Waals surface area contributed by atoms with Gasteiger partial charge in [-0.3, -0.25) is 5.43 Å². The summed E-state index contributed by atoms with van der Waals surface area (Å²) in [4.78, 5) is 11.8. The summed E-state index contributed by atoms with van der Waals surface area (Å²) >= 11 is 0. The summed E-state index contributed by atoms with van der Waals surface area (Å²) in [6.45, 7) is 0. The molecule has 0 amide bonds. The van der Waals surface area contributed by atoms with Gasteiger partial charge >= 0.3 is 0 Å². The van der Waals surface area contributed by atoms with Crippen molar-refractivity contribution >= 4 is 12.0 Å². The number of hydrogen-bond acceptors (Lipinski definition) is 5. The van der Waals surface area contributed by atoms with Crippen LogP contribution in [-0.2, 0) is 0 Å². The van der Waals surface area contributed by atoms with Crippen molar-refractivity contribution in [3.63, 3.8) is 0 Å². The molecule has 0 saturated carbocycles. The molecule has 5 heteroatoms. The zero-order chi connectivity index (χ0) is 10.3. The number of aromatic nitrogens is 3. The van der Waals surface area contributed by atoms with Gasteiger partial charge in [-0.25, -0.2) is 15.0 Å². The Kier molecular flexibility index (Phi) is 2.97. The van der Waals surface area contributed by atoms with Crippen molar-refractivity contribution in [3.8, 4) is 0 Å². The fourth-order valence-electron chi connectivity index (χ4n) is 0.971. The van der Waals surface area contributed by atoms with Crippen molar-refractivity contribution in [3.05, 3.63) is 48.7 Å². The molecule has 0 radical (unpaired) electrons. The van der Waals surface area contributed by atoms with Gasteiger partial charge in [0.2, 0.25) is 0 Å². The van der Waals surface area contributed by atoms with Crippen LogP contribution in [0.4, 0.5) is 5.82 Å². The standard InChI is InChI=1S/C10H9N5/c1-2-5-12-10(3-1)15-14-7-9-4-6-11-8-13-9/h1-8H,(H,12,15). The normalized spacial score (nSPS) is 10.4. The van der Waals surface area contributed by atoms with Crippen molar-refractivity contribution in [1.82, 2.24) is 15.0 Å². The first kappa shape index (κ1) is 9.26. The minimum Gasteiger partial charge on any atom is -0.261 e. The van der Waals surface area contributed by atoms with Crippen molar-refractivity contribution in [2.24, 2.45) is 5.10 Å². The minimum atomic E-state index is 0.697. The third kappa shape index (κ3) is 2.84. The van der Waals surface area contributed by atoms with E-state index in [0.29, 0.717) is 5.82 Å². The van der Waals surface area contributed by atoms with E-state index in [9.17, 15) is 0 Å². The molecule has 0 saturated heterocycles. The van der Waals surface area contributed by atoms with Crippen LogP contribution in [0.15, 0.2) is 48.1 Å². The van der Waals surface area contributed by atoms with E-state index in [1.165, 1.54) is 6.33 Å². The molecule has 0 spiro atoms. The molecule has 0 aliphatic heterocycles. The highest BCUT2D eigenvalue weighted by atomic mass is 15.3. The van der Waals surface area contributed by atoms with Gasteiger partial charge in [0, 0.05) is 12.4 Å². The molecule has 2 rings (SSSR count). The molecule has 74 valence electrons. The molecule has 0 aliphatic carbocycles. The lowest BCUT2D eigenvalue weighted by Crippen LogP contribution is -1.94. The molecule has 2 aromatic heterocycles. The Labute approximate surface area is 86.9 Å². The Morgan fingerprint density at radius 2 is 2.13 bits per heavy atom. The summed E-state index contributed by atoms with van der Waals surface area (Å²) in [5.41, 5.74) is 3.53. The Morgan fingerprint density at radius 1 is 1.13 bits per heavy atom. The molecule has 15 heavy (non-hydrogen) atoms. The highest BCUT2D eigenvalue weighted by Gasteiger charge is 1.87. The SMILES string of the molecule is C(=NNc1ccccn1)c1ccncn1. The maximum Gasteiger partial charge on any atom is 0.146 e. The third-order valence-corrected chi connectivity index (χ3v) is 1.65. The van der Waals surface area contributed by atoms with Gasteiger partial charge in [-0.05, 0) is 18.2 Å². The predicted molar refractivity (Wildman–Crippen MR) is 57.5 cm³/mol. The topological polar surface area (TPSA) is 63.1 Å². The molecule has 5 nitrogen and oxygen atoms in total. The van der Waals surface area contributed by atoms with Crippen LogP contribution in [0.3, 0.4) is 0 Å². The molecule has 0 bridgehead atoms. The van der Waals surface area contributed by atoms with Gasteiger partial charge in [-0.1, -0.05) is 6.07 Å². The summed E-state index contributed by atoms with van der Waals surface area (Å²) in [7, 11) is 0. The molecule has 0 aromatic carbocycles. The Morgan fingerprint density at radius 3 is 2.87 bits per heavy atom. The van der Waals surface area contributed by atoms with E-state index in [4.69, 9.17) is 0 Å². The maximum absolute atomic E-state index is 4.05. The minimum absolute atomic E-state index is 0.697. The molecule has 0 fully saturated rings. The van der Waals surface area contributed by atoms with Gasteiger partial charge < -0.3 is 0 Å². The van der Waals surface area contributed by atoms with Crippen molar-refractivity contribution in [2.75, 3.05) is 5.43 Å². The Balaban J connectivity index is 1.97. The fourth-order valence-corrected chi connectivity index (χ4v) is 0.971. The van der Waals surface area contributed by atoms with Crippen LogP contribution in [0.5, 0.6) is 0 Å². The summed E-state index contributed by atoms with van der Waals surface area (Å²) in [6.07, 6.45) is 6.44. The van der Waals surface area contributed by atoms with Crippen LogP contribution < -0.4 is 5.43 Å². The number of hydrazone groups is 1. The summed E-state index contributed by atoms with van der Waals surface area (Å²) in [6, 6.07) is 7.33. The van der Waals surface area contributed by atoms with E-state index >= 15 is 0 Å². The maximum atomic E-state index is 4.05. The zero-order valence-electron chi connectivity index (χ0n) is 7.91. The van der Waals surface area contributed by atoms with E-state index in [0.717, 1.165) is 5.69 Å². The second-order valence-corrected chi connectivity index (χ2v) is 2.72. The number of pyridine rings is 1. The predicted octanol–water partition coefficient (Wildman–Crippen LogP) is 1.32. The van der Waals surface area contributed by atoms with E-state index in [1.54, 1.807) is 24.7 Å². The summed E-state index contributed by atoms with van der Waals surface area (Å²) in [5.74, 6) is 0.697. The van der Waals surface area contributed by atoms with E-state index < -0.39 is 0 Å². The lowest BCUT2D eigenvalue weighted by molar-refractivity contribution is 1.15. The van der Waals surface area contributed by atoms with Crippen LogP contribution in [-0.4, -0.2) is 21.2 Å². The van der Waals surface area contributed by atoms with Crippen LogP contribution >= 0.6 is 0 Å². The molecule has 2 aromatic rings. The molecule has 0 atom stereocenters. The van der Waals surface area contributed by atoms with Gasteiger partial charge in [-0.15, -0.1) is 0 Å². The number of hydrogen-bond donors (Lipinski definition) is 1. The highest BCUT2D eigenvalue weighted by molar-refractivity contribution is 5.77. The van der Waals surface area contributed by atoms with Crippen molar-refractivity contribution < 1.29 is 0 Å². The first-order chi connectivity index (χ1) is 7.45. The monoisotopic (exact) mass is 199 g/mol. The Hall–Kier alpha value is -2.30. The lowest BCUT2D eigenvalue weighted by Gasteiger charge is -1.96. The first-order valence-corrected chi connectivity index (χ1v) is 4.41. The highest BCUT2D eigenvalue weighted by Crippen LogP contribution is 1.98. The number of nitrogens with zero attached hydrogens (tertiary/aromatic N) is 4. The van der Waals surface area contributed by atoms with E-state index in [2.05, 4.69) is 25.5 Å². The van der Waals surface area contributed by atoms with Crippen molar-refractivity contribution in [1.29, 1.82) is 0 Å². The average molecular weight is 199 g/mol. The van der Waals surface area contributed by atoms with Gasteiger partial charge in [0.25, 0.3) is 0 Å². The lowest BCUT2D eigenvalue weighted by atomic mass is 10.4. The second-order valence-electron chi connectivity index (χ2n) is 2.72. The zero-order valence-corrected chi connectivity index (χ0v) is 7.91. The van der Waals surface area contributed by atoms with Gasteiger partial charge in [0.1, 0.15) is 12.1 Å². The molecule has 1 N–H and O–H groups in total. The number of anilines is 1. The van der Waals surface area contributed by atoms with Gasteiger partial charge in [-0.2, -0.15) is 5.10 Å². The van der Waals surface area contributed by atoms with E-state index in [-0.39, 0.29) is 0 Å². The third-order valence-electron chi connectivity index (χ3n) is 1.65. The quantitative estimate of drug-likeness (QED) is 0.598. The van der Waals surface area contributed by atoms with E-state index in [1.807, 2.05) is 18.2 Å². The molecular formula is C10H9N5. The van der Waals surface area contributed by atoms with Gasteiger partial charge in [0.05, 0.1) is 11.9 Å². The fraction of sp³-hybridized carbons (Fsp3) is 0. The number of nitrogens with one attached hydrogen (secondary N) is 1. The molecular weight excluding hydrogens is 190 g/mol. The van der Waals surface area contributed by atoms with Crippen LogP contribution in [0.1, 0.15) is 5.69 Å². The van der Waals surface area contributed by atoms with Gasteiger partial charge in [0.15, 0.2) is 0 Å². The largest absolute Gasteiger partial charge is 0.261 e.